The zero-order chi connectivity index (χ0) is 13.0. The molecule has 94 valence electrons. The Hall–Kier alpha value is -1.17. The van der Waals surface area contributed by atoms with Crippen LogP contribution in [0.4, 0.5) is 0 Å². The highest BCUT2D eigenvalue weighted by molar-refractivity contribution is 6.29. The fourth-order valence-corrected chi connectivity index (χ4v) is 1.57. The van der Waals surface area contributed by atoms with Crippen molar-refractivity contribution >= 4 is 17.6 Å². The van der Waals surface area contributed by atoms with E-state index in [0.717, 1.165) is 0 Å². The van der Waals surface area contributed by atoms with Gasteiger partial charge < -0.3 is 14.9 Å². The number of pyridine rings is 1. The van der Waals surface area contributed by atoms with E-state index >= 15 is 0 Å². The number of aryl methyl sites for hydroxylation is 1. The monoisotopic (exact) mass is 259 g/mol. The SMILES string of the molecule is CCOC(=O)C(O)C(O)c1ccc(Cl)nc1C. The molecule has 1 rings (SSSR count). The maximum absolute atomic E-state index is 11.3. The van der Waals surface area contributed by atoms with Crippen molar-refractivity contribution in [2.24, 2.45) is 0 Å². The molecule has 0 aromatic carbocycles. The van der Waals surface area contributed by atoms with Crippen molar-refractivity contribution < 1.29 is 19.7 Å². The minimum absolute atomic E-state index is 0.139. The van der Waals surface area contributed by atoms with E-state index < -0.39 is 18.2 Å². The lowest BCUT2D eigenvalue weighted by Gasteiger charge is -2.18. The van der Waals surface area contributed by atoms with E-state index in [4.69, 9.17) is 11.6 Å². The molecule has 2 N–H and O–H groups in total. The highest BCUT2D eigenvalue weighted by atomic mass is 35.5. The maximum atomic E-state index is 11.3. The Balaban J connectivity index is 2.88. The lowest BCUT2D eigenvalue weighted by molar-refractivity contribution is -0.159. The van der Waals surface area contributed by atoms with Crippen LogP contribution in [-0.2, 0) is 9.53 Å². The van der Waals surface area contributed by atoms with Crippen molar-refractivity contribution in [2.75, 3.05) is 6.61 Å². The summed E-state index contributed by atoms with van der Waals surface area (Å²) in [4.78, 5) is 15.2. The number of rotatable bonds is 4. The molecular weight excluding hydrogens is 246 g/mol. The summed E-state index contributed by atoms with van der Waals surface area (Å²) in [6.45, 7) is 3.38. The molecule has 0 aliphatic heterocycles. The lowest BCUT2D eigenvalue weighted by Crippen LogP contribution is -2.30. The second-order valence-electron chi connectivity index (χ2n) is 3.45. The van der Waals surface area contributed by atoms with E-state index in [1.165, 1.54) is 12.1 Å². The first-order valence-corrected chi connectivity index (χ1v) is 5.51. The molecule has 2 unspecified atom stereocenters. The van der Waals surface area contributed by atoms with Crippen LogP contribution in [0.2, 0.25) is 5.15 Å². The van der Waals surface area contributed by atoms with Crippen molar-refractivity contribution in [1.29, 1.82) is 0 Å². The zero-order valence-corrected chi connectivity index (χ0v) is 10.3. The fraction of sp³-hybridized carbons (Fsp3) is 0.455. The molecule has 1 aromatic heterocycles. The zero-order valence-electron chi connectivity index (χ0n) is 9.55. The molecule has 1 aromatic rings. The smallest absolute Gasteiger partial charge is 0.338 e. The number of nitrogens with zero attached hydrogens (tertiary/aromatic N) is 1. The minimum atomic E-state index is -1.63. The van der Waals surface area contributed by atoms with Crippen molar-refractivity contribution in [3.8, 4) is 0 Å². The van der Waals surface area contributed by atoms with Gasteiger partial charge in [-0.05, 0) is 19.9 Å². The predicted octanol–water partition coefficient (Wildman–Crippen LogP) is 1.00. The molecule has 0 saturated carbocycles. The van der Waals surface area contributed by atoms with E-state index in [1.54, 1.807) is 13.8 Å². The quantitative estimate of drug-likeness (QED) is 0.623. The second kappa shape index (κ2) is 5.95. The van der Waals surface area contributed by atoms with Gasteiger partial charge in [0.15, 0.2) is 6.10 Å². The molecule has 17 heavy (non-hydrogen) atoms. The Morgan fingerprint density at radius 1 is 1.53 bits per heavy atom. The van der Waals surface area contributed by atoms with Gasteiger partial charge in [0.05, 0.1) is 6.61 Å². The van der Waals surface area contributed by atoms with Crippen molar-refractivity contribution in [1.82, 2.24) is 4.98 Å². The molecule has 5 nitrogen and oxygen atoms in total. The highest BCUT2D eigenvalue weighted by Gasteiger charge is 2.28. The number of esters is 1. The summed E-state index contributed by atoms with van der Waals surface area (Å²) in [6, 6.07) is 2.99. The number of hydrogen-bond donors (Lipinski definition) is 2. The first-order valence-electron chi connectivity index (χ1n) is 5.13. The number of aliphatic hydroxyl groups is 2. The van der Waals surface area contributed by atoms with Crippen LogP contribution in [0.5, 0.6) is 0 Å². The van der Waals surface area contributed by atoms with Gasteiger partial charge in [0.1, 0.15) is 11.3 Å². The molecule has 0 bridgehead atoms. The summed E-state index contributed by atoms with van der Waals surface area (Å²) in [6.07, 6.45) is -3.00. The van der Waals surface area contributed by atoms with Gasteiger partial charge in [-0.1, -0.05) is 17.7 Å². The van der Waals surface area contributed by atoms with Crippen molar-refractivity contribution in [3.63, 3.8) is 0 Å². The minimum Gasteiger partial charge on any atom is -0.464 e. The van der Waals surface area contributed by atoms with Gasteiger partial charge in [0.2, 0.25) is 0 Å². The summed E-state index contributed by atoms with van der Waals surface area (Å²) < 4.78 is 4.61. The normalized spacial score (nSPS) is 14.2. The predicted molar refractivity (Wildman–Crippen MR) is 61.6 cm³/mol. The average molecular weight is 260 g/mol. The van der Waals surface area contributed by atoms with Gasteiger partial charge in [0.25, 0.3) is 0 Å². The van der Waals surface area contributed by atoms with Gasteiger partial charge in [-0.15, -0.1) is 0 Å². The Bertz CT molecular complexity index is 410. The number of aliphatic hydroxyl groups excluding tert-OH is 2. The molecule has 2 atom stereocenters. The number of ether oxygens (including phenoxy) is 1. The van der Waals surface area contributed by atoms with Crippen LogP contribution in [-0.4, -0.2) is 33.9 Å². The van der Waals surface area contributed by atoms with Gasteiger partial charge in [-0.3, -0.25) is 0 Å². The average Bonchev–Trinajstić information content (AvgIpc) is 2.27. The van der Waals surface area contributed by atoms with Crippen molar-refractivity contribution in [3.05, 3.63) is 28.5 Å². The number of carbonyl (C=O) groups is 1. The molecule has 0 radical (unpaired) electrons. The third-order valence-corrected chi connectivity index (χ3v) is 2.45. The van der Waals surface area contributed by atoms with Gasteiger partial charge in [0, 0.05) is 11.3 Å². The van der Waals surface area contributed by atoms with Gasteiger partial charge in [-0.2, -0.15) is 0 Å². The van der Waals surface area contributed by atoms with Crippen LogP contribution in [0.1, 0.15) is 24.3 Å². The molecule has 0 fully saturated rings. The topological polar surface area (TPSA) is 79.7 Å². The Morgan fingerprint density at radius 3 is 2.71 bits per heavy atom. The van der Waals surface area contributed by atoms with Gasteiger partial charge in [-0.25, -0.2) is 9.78 Å². The Labute approximate surface area is 104 Å². The second-order valence-corrected chi connectivity index (χ2v) is 3.84. The molecule has 0 aliphatic carbocycles. The molecule has 0 aliphatic rings. The van der Waals surface area contributed by atoms with E-state index in [2.05, 4.69) is 9.72 Å². The number of hydrogen-bond acceptors (Lipinski definition) is 5. The summed E-state index contributed by atoms with van der Waals surface area (Å²) >= 11 is 5.67. The number of halogens is 1. The van der Waals surface area contributed by atoms with Crippen LogP contribution in [0.15, 0.2) is 12.1 Å². The molecular formula is C11H14ClNO4. The van der Waals surface area contributed by atoms with E-state index in [9.17, 15) is 15.0 Å². The van der Waals surface area contributed by atoms with Crippen LogP contribution >= 0.6 is 11.6 Å². The Kier molecular flexibility index (Phi) is 4.86. The largest absolute Gasteiger partial charge is 0.464 e. The van der Waals surface area contributed by atoms with Crippen molar-refractivity contribution in [2.45, 2.75) is 26.1 Å². The fourth-order valence-electron chi connectivity index (χ4n) is 1.38. The Morgan fingerprint density at radius 2 is 2.18 bits per heavy atom. The van der Waals surface area contributed by atoms with Crippen LogP contribution in [0.25, 0.3) is 0 Å². The molecule has 6 heteroatoms. The van der Waals surface area contributed by atoms with Crippen LogP contribution in [0, 0.1) is 6.92 Å². The van der Waals surface area contributed by atoms with E-state index in [1.807, 2.05) is 0 Å². The number of carbonyl (C=O) groups excluding carboxylic acids is 1. The first-order chi connectivity index (χ1) is 7.97. The van der Waals surface area contributed by atoms with E-state index in [-0.39, 0.29) is 11.8 Å². The first kappa shape index (κ1) is 13.9. The van der Waals surface area contributed by atoms with Crippen LogP contribution < -0.4 is 0 Å². The standard InChI is InChI=1S/C11H14ClNO4/c1-3-17-11(16)10(15)9(14)7-4-5-8(12)13-6(7)2/h4-5,9-10,14-15H,3H2,1-2H3. The third-order valence-electron chi connectivity index (χ3n) is 2.24. The van der Waals surface area contributed by atoms with Crippen LogP contribution in [0.3, 0.4) is 0 Å². The molecule has 0 spiro atoms. The summed E-state index contributed by atoms with van der Waals surface area (Å²) in [5.41, 5.74) is 0.795. The molecule has 1 heterocycles. The van der Waals surface area contributed by atoms with E-state index in [0.29, 0.717) is 11.3 Å². The molecule has 0 saturated heterocycles. The third kappa shape index (κ3) is 3.39. The number of aromatic nitrogens is 1. The van der Waals surface area contributed by atoms with Gasteiger partial charge >= 0.3 is 5.97 Å². The summed E-state index contributed by atoms with van der Waals surface area (Å²) in [5, 5.41) is 19.7. The maximum Gasteiger partial charge on any atom is 0.338 e. The summed E-state index contributed by atoms with van der Waals surface area (Å²) in [5.74, 6) is -0.866. The highest BCUT2D eigenvalue weighted by Crippen LogP contribution is 2.22. The molecule has 0 amide bonds. The lowest BCUT2D eigenvalue weighted by atomic mass is 10.0. The summed E-state index contributed by atoms with van der Waals surface area (Å²) in [7, 11) is 0.